The molecule has 1 aromatic heterocycles. The molecule has 160 valence electrons. The van der Waals surface area contributed by atoms with Crippen LogP contribution in [0.4, 0.5) is 0 Å². The number of hydrogen-bond donors (Lipinski definition) is 2. The number of fused-ring (bicyclic) bond motifs is 2. The summed E-state index contributed by atoms with van der Waals surface area (Å²) in [6.45, 7) is 5.48. The number of hydrogen-bond acceptors (Lipinski definition) is 3. The number of aryl methyl sites for hydroxylation is 2. The molecular formula is C23H30IN5O. The fraction of sp³-hybridized carbons (Fsp3) is 0.391. The minimum atomic E-state index is 0. The number of halogens is 1. The van der Waals surface area contributed by atoms with E-state index in [4.69, 9.17) is 4.74 Å². The predicted molar refractivity (Wildman–Crippen MR) is 133 cm³/mol. The van der Waals surface area contributed by atoms with E-state index in [-0.39, 0.29) is 24.0 Å². The molecule has 1 aliphatic rings. The number of imidazole rings is 1. The Kier molecular flexibility index (Phi) is 7.95. The van der Waals surface area contributed by atoms with Crippen molar-refractivity contribution in [2.45, 2.75) is 32.2 Å². The maximum atomic E-state index is 5.76. The molecule has 1 aliphatic heterocycles. The Bertz CT molecular complexity index is 1000. The Morgan fingerprint density at radius 3 is 2.83 bits per heavy atom. The third-order valence-corrected chi connectivity index (χ3v) is 5.52. The number of ether oxygens (including phenoxy) is 1. The van der Waals surface area contributed by atoms with Crippen LogP contribution in [0.15, 0.2) is 53.5 Å². The summed E-state index contributed by atoms with van der Waals surface area (Å²) in [6.07, 6.45) is 2.02. The van der Waals surface area contributed by atoms with Gasteiger partial charge in [-0.1, -0.05) is 30.3 Å². The second-order valence-corrected chi connectivity index (χ2v) is 7.40. The monoisotopic (exact) mass is 519 g/mol. The van der Waals surface area contributed by atoms with Crippen LogP contribution < -0.4 is 15.4 Å². The number of rotatable bonds is 6. The van der Waals surface area contributed by atoms with Crippen LogP contribution in [0.25, 0.3) is 11.0 Å². The quantitative estimate of drug-likeness (QED) is 0.223. The Labute approximate surface area is 195 Å². The fourth-order valence-corrected chi connectivity index (χ4v) is 3.99. The number of guanidine groups is 1. The van der Waals surface area contributed by atoms with Gasteiger partial charge in [0.2, 0.25) is 0 Å². The van der Waals surface area contributed by atoms with E-state index in [9.17, 15) is 0 Å². The summed E-state index contributed by atoms with van der Waals surface area (Å²) in [5, 5.41) is 6.92. The van der Waals surface area contributed by atoms with Crippen LogP contribution in [0.2, 0.25) is 0 Å². The number of nitrogens with one attached hydrogen (secondary N) is 2. The minimum Gasteiger partial charge on any atom is -0.493 e. The van der Waals surface area contributed by atoms with Crippen molar-refractivity contribution in [1.29, 1.82) is 0 Å². The molecule has 0 amide bonds. The zero-order valence-corrected chi connectivity index (χ0v) is 19.9. The molecule has 0 bridgehead atoms. The number of nitrogens with zero attached hydrogens (tertiary/aromatic N) is 3. The topological polar surface area (TPSA) is 63.5 Å². The van der Waals surface area contributed by atoms with Gasteiger partial charge in [-0.2, -0.15) is 0 Å². The molecule has 1 unspecified atom stereocenters. The summed E-state index contributed by atoms with van der Waals surface area (Å²) in [5.74, 6) is 3.36. The summed E-state index contributed by atoms with van der Waals surface area (Å²) in [7, 11) is 1.82. The molecular weight excluding hydrogens is 489 g/mol. The van der Waals surface area contributed by atoms with Gasteiger partial charge in [-0.3, -0.25) is 4.99 Å². The van der Waals surface area contributed by atoms with Gasteiger partial charge in [0.05, 0.1) is 17.6 Å². The lowest BCUT2D eigenvalue weighted by molar-refractivity contribution is 0.267. The largest absolute Gasteiger partial charge is 0.493 e. The lowest BCUT2D eigenvalue weighted by Crippen LogP contribution is -2.40. The van der Waals surface area contributed by atoms with Crippen molar-refractivity contribution >= 4 is 41.0 Å². The number of para-hydroxylation sites is 3. The first-order chi connectivity index (χ1) is 14.3. The van der Waals surface area contributed by atoms with Gasteiger partial charge >= 0.3 is 0 Å². The number of aliphatic imine (C=N–C) groups is 1. The van der Waals surface area contributed by atoms with Crippen molar-refractivity contribution in [2.75, 3.05) is 26.7 Å². The minimum absolute atomic E-state index is 0. The highest BCUT2D eigenvalue weighted by atomic mass is 127. The standard InChI is InChI=1S/C23H29N5O.HI/c1-17-27-20-9-4-5-10-21(20)28(17)14-7-13-25-23(24-2)26-16-18-12-15-29-22-11-6-3-8-19(18)22;/h3-6,8-11,18H,7,12-16H2,1-2H3,(H2,24,25,26);1H. The predicted octanol–water partition coefficient (Wildman–Crippen LogP) is 4.08. The van der Waals surface area contributed by atoms with Crippen molar-refractivity contribution in [3.63, 3.8) is 0 Å². The molecule has 0 fully saturated rings. The van der Waals surface area contributed by atoms with Crippen LogP contribution in [-0.2, 0) is 6.54 Å². The molecule has 0 spiro atoms. The van der Waals surface area contributed by atoms with Crippen LogP contribution in [0.3, 0.4) is 0 Å². The second-order valence-electron chi connectivity index (χ2n) is 7.40. The average Bonchev–Trinajstić information content (AvgIpc) is 3.08. The van der Waals surface area contributed by atoms with Gasteiger partial charge < -0.3 is 19.9 Å². The lowest BCUT2D eigenvalue weighted by atomic mass is 9.93. The summed E-state index contributed by atoms with van der Waals surface area (Å²) in [6, 6.07) is 16.6. The van der Waals surface area contributed by atoms with Gasteiger partial charge in [-0.15, -0.1) is 24.0 Å². The first kappa shape index (κ1) is 22.4. The number of benzene rings is 2. The van der Waals surface area contributed by atoms with Crippen LogP contribution in [0, 0.1) is 6.92 Å². The summed E-state index contributed by atoms with van der Waals surface area (Å²) >= 11 is 0. The Balaban J connectivity index is 0.00000256. The maximum Gasteiger partial charge on any atom is 0.190 e. The van der Waals surface area contributed by atoms with E-state index < -0.39 is 0 Å². The summed E-state index contributed by atoms with van der Waals surface area (Å²) in [4.78, 5) is 9.01. The van der Waals surface area contributed by atoms with Crippen molar-refractivity contribution < 1.29 is 4.74 Å². The zero-order chi connectivity index (χ0) is 20.1. The zero-order valence-electron chi connectivity index (χ0n) is 17.6. The summed E-state index contributed by atoms with van der Waals surface area (Å²) < 4.78 is 8.04. The van der Waals surface area contributed by atoms with Gasteiger partial charge in [0.15, 0.2) is 5.96 Å². The molecule has 3 aromatic rings. The molecule has 6 nitrogen and oxygen atoms in total. The Hall–Kier alpha value is -2.29. The third kappa shape index (κ3) is 5.06. The van der Waals surface area contributed by atoms with Crippen molar-refractivity contribution in [1.82, 2.24) is 20.2 Å². The molecule has 7 heteroatoms. The highest BCUT2D eigenvalue weighted by Crippen LogP contribution is 2.32. The van der Waals surface area contributed by atoms with E-state index in [1.165, 1.54) is 11.1 Å². The molecule has 30 heavy (non-hydrogen) atoms. The molecule has 2 heterocycles. The number of aromatic nitrogens is 2. The van der Waals surface area contributed by atoms with E-state index in [1.54, 1.807) is 0 Å². The van der Waals surface area contributed by atoms with Crippen LogP contribution >= 0.6 is 24.0 Å². The van der Waals surface area contributed by atoms with Gasteiger partial charge in [0.1, 0.15) is 11.6 Å². The highest BCUT2D eigenvalue weighted by Gasteiger charge is 2.21. The Morgan fingerprint density at radius 1 is 1.17 bits per heavy atom. The molecule has 2 N–H and O–H groups in total. The normalized spacial score (nSPS) is 15.8. The van der Waals surface area contributed by atoms with E-state index in [0.717, 1.165) is 62.1 Å². The molecule has 2 aromatic carbocycles. The second kappa shape index (κ2) is 10.7. The smallest absolute Gasteiger partial charge is 0.190 e. The molecule has 0 aliphatic carbocycles. The Morgan fingerprint density at radius 2 is 1.97 bits per heavy atom. The van der Waals surface area contributed by atoms with Crippen molar-refractivity contribution in [3.8, 4) is 5.75 Å². The van der Waals surface area contributed by atoms with Gasteiger partial charge in [-0.25, -0.2) is 4.98 Å². The molecule has 1 atom stereocenters. The van der Waals surface area contributed by atoms with Gasteiger partial charge in [-0.05, 0) is 43.5 Å². The molecule has 4 rings (SSSR count). The van der Waals surface area contributed by atoms with Gasteiger partial charge in [0.25, 0.3) is 0 Å². The van der Waals surface area contributed by atoms with Crippen molar-refractivity contribution in [2.24, 2.45) is 4.99 Å². The summed E-state index contributed by atoms with van der Waals surface area (Å²) in [5.41, 5.74) is 3.54. The van der Waals surface area contributed by atoms with Crippen LogP contribution in [0.5, 0.6) is 5.75 Å². The first-order valence-corrected chi connectivity index (χ1v) is 10.3. The van der Waals surface area contributed by atoms with E-state index in [1.807, 2.05) is 19.2 Å². The SMILES string of the molecule is CN=C(NCCCn1c(C)nc2ccccc21)NCC1CCOc2ccccc21.I. The van der Waals surface area contributed by atoms with E-state index >= 15 is 0 Å². The molecule has 0 saturated heterocycles. The van der Waals surface area contributed by atoms with E-state index in [2.05, 4.69) is 68.5 Å². The fourth-order valence-electron chi connectivity index (χ4n) is 3.99. The highest BCUT2D eigenvalue weighted by molar-refractivity contribution is 14.0. The van der Waals surface area contributed by atoms with Gasteiger partial charge in [0, 0.05) is 32.6 Å². The molecule has 0 radical (unpaired) electrons. The lowest BCUT2D eigenvalue weighted by Gasteiger charge is -2.26. The van der Waals surface area contributed by atoms with E-state index in [0.29, 0.717) is 5.92 Å². The first-order valence-electron chi connectivity index (χ1n) is 10.3. The average molecular weight is 519 g/mol. The maximum absolute atomic E-state index is 5.76. The third-order valence-electron chi connectivity index (χ3n) is 5.52. The molecule has 0 saturated carbocycles. The van der Waals surface area contributed by atoms with Crippen LogP contribution in [0.1, 0.15) is 30.1 Å². The van der Waals surface area contributed by atoms with Crippen LogP contribution in [-0.4, -0.2) is 42.3 Å². The van der Waals surface area contributed by atoms with Crippen molar-refractivity contribution in [3.05, 3.63) is 59.9 Å².